The molecule has 0 radical (unpaired) electrons. The fraction of sp³-hybridized carbons (Fsp3) is 0.200. The smallest absolute Gasteiger partial charge is 0.0624 e. The van der Waals surface area contributed by atoms with Crippen molar-refractivity contribution in [1.29, 1.82) is 0 Å². The summed E-state index contributed by atoms with van der Waals surface area (Å²) in [7, 11) is 0. The Balaban J connectivity index is 1.53. The van der Waals surface area contributed by atoms with Crippen molar-refractivity contribution in [1.82, 2.24) is 4.40 Å². The Kier molecular flexibility index (Phi) is 2.66. The van der Waals surface area contributed by atoms with Crippen molar-refractivity contribution in [3.8, 4) is 0 Å². The molecule has 1 aliphatic carbocycles. The first-order chi connectivity index (χ1) is 15.9. The van der Waals surface area contributed by atoms with Crippen molar-refractivity contribution in [2.24, 2.45) is 0 Å². The molecule has 0 saturated heterocycles. The second-order valence-electron chi connectivity index (χ2n) is 10.0. The molecule has 6 aromatic rings. The van der Waals surface area contributed by atoms with E-state index in [4.69, 9.17) is 0 Å². The normalized spacial score (nSPS) is 23.5. The molecule has 1 fully saturated rings. The minimum atomic E-state index is 0.589. The van der Waals surface area contributed by atoms with Gasteiger partial charge in [0.2, 0.25) is 0 Å². The third-order valence-electron chi connectivity index (χ3n) is 8.77. The summed E-state index contributed by atoms with van der Waals surface area (Å²) in [6.07, 6.45) is 3.96. The number of anilines is 2. The zero-order valence-corrected chi connectivity index (χ0v) is 17.8. The summed E-state index contributed by atoms with van der Waals surface area (Å²) in [6, 6.07) is 30.4. The Bertz CT molecular complexity index is 1740. The number of nitrogens with zero attached hydrogens (tertiary/aromatic N) is 2. The predicted molar refractivity (Wildman–Crippen MR) is 133 cm³/mol. The van der Waals surface area contributed by atoms with Gasteiger partial charge in [0.25, 0.3) is 0 Å². The van der Waals surface area contributed by atoms with Gasteiger partial charge in [0, 0.05) is 50.8 Å². The Morgan fingerprint density at radius 2 is 1.38 bits per heavy atom. The van der Waals surface area contributed by atoms with E-state index in [-0.39, 0.29) is 0 Å². The Morgan fingerprint density at radius 1 is 0.656 bits per heavy atom. The number of hydrogen-bond acceptors (Lipinski definition) is 1. The minimum Gasteiger partial charge on any atom is -0.337 e. The van der Waals surface area contributed by atoms with Gasteiger partial charge in [-0.05, 0) is 48.2 Å². The van der Waals surface area contributed by atoms with Crippen LogP contribution in [0.2, 0.25) is 0 Å². The number of fused-ring (bicyclic) bond motifs is 13. The van der Waals surface area contributed by atoms with E-state index in [0.717, 1.165) is 0 Å². The number of aromatic nitrogens is 1. The van der Waals surface area contributed by atoms with Crippen LogP contribution in [0.5, 0.6) is 0 Å². The van der Waals surface area contributed by atoms with Crippen LogP contribution in [0, 0.1) is 0 Å². The van der Waals surface area contributed by atoms with E-state index in [0.29, 0.717) is 17.9 Å². The van der Waals surface area contributed by atoms with Gasteiger partial charge in [0.1, 0.15) is 0 Å². The monoisotopic (exact) mass is 410 g/mol. The number of benzene rings is 4. The summed E-state index contributed by atoms with van der Waals surface area (Å²) in [5, 5.41) is 5.72. The summed E-state index contributed by atoms with van der Waals surface area (Å²) < 4.78 is 2.54. The summed E-state index contributed by atoms with van der Waals surface area (Å²) in [4.78, 5) is 2.74. The van der Waals surface area contributed by atoms with Crippen molar-refractivity contribution in [3.05, 3.63) is 90.0 Å². The molecule has 2 aromatic heterocycles. The van der Waals surface area contributed by atoms with Crippen molar-refractivity contribution in [2.45, 2.75) is 37.1 Å². The van der Waals surface area contributed by atoms with Gasteiger partial charge in [0.15, 0.2) is 0 Å². The molecule has 0 spiro atoms. The Morgan fingerprint density at radius 3 is 2.28 bits per heavy atom. The summed E-state index contributed by atoms with van der Waals surface area (Å²) in [5.74, 6) is 1.28. The van der Waals surface area contributed by atoms with E-state index in [1.54, 1.807) is 11.1 Å². The molecule has 4 heterocycles. The second-order valence-corrected chi connectivity index (χ2v) is 10.0. The molecule has 2 heteroatoms. The molecule has 2 aliphatic heterocycles. The molecule has 3 aliphatic rings. The molecule has 3 atom stereocenters. The van der Waals surface area contributed by atoms with Gasteiger partial charge < -0.3 is 9.30 Å². The SMILES string of the molecule is c1ccc2c(c1)C1CCCC3c4c(cc5c6ccccc6n6c7ccccc7c4c56)N2C13. The van der Waals surface area contributed by atoms with Crippen LogP contribution in [0.4, 0.5) is 11.4 Å². The Hall–Kier alpha value is -3.52. The van der Waals surface area contributed by atoms with E-state index in [9.17, 15) is 0 Å². The van der Waals surface area contributed by atoms with Gasteiger partial charge in [-0.3, -0.25) is 0 Å². The van der Waals surface area contributed by atoms with Crippen LogP contribution in [-0.2, 0) is 0 Å². The van der Waals surface area contributed by atoms with Gasteiger partial charge in [-0.25, -0.2) is 0 Å². The average molecular weight is 411 g/mol. The number of rotatable bonds is 0. The number of hydrogen-bond donors (Lipinski definition) is 0. The lowest BCUT2D eigenvalue weighted by Crippen LogP contribution is -2.32. The van der Waals surface area contributed by atoms with E-state index in [2.05, 4.69) is 88.2 Å². The maximum Gasteiger partial charge on any atom is 0.0624 e. The highest BCUT2D eigenvalue weighted by Crippen LogP contribution is 2.63. The fourth-order valence-corrected chi connectivity index (χ4v) is 7.77. The first kappa shape index (κ1) is 16.2. The lowest BCUT2D eigenvalue weighted by molar-refractivity contribution is 0.372. The summed E-state index contributed by atoms with van der Waals surface area (Å²) in [6.45, 7) is 0. The van der Waals surface area contributed by atoms with Crippen molar-refractivity contribution in [2.75, 3.05) is 4.90 Å². The molecule has 4 aromatic carbocycles. The van der Waals surface area contributed by atoms with Crippen LogP contribution in [0.1, 0.15) is 42.2 Å². The van der Waals surface area contributed by atoms with E-state index in [1.807, 2.05) is 0 Å². The van der Waals surface area contributed by atoms with E-state index < -0.39 is 0 Å². The lowest BCUT2D eigenvalue weighted by atomic mass is 9.74. The molecule has 0 amide bonds. The lowest BCUT2D eigenvalue weighted by Gasteiger charge is -2.32. The molecule has 32 heavy (non-hydrogen) atoms. The Labute approximate surface area is 186 Å². The van der Waals surface area contributed by atoms with Crippen molar-refractivity contribution >= 4 is 49.5 Å². The first-order valence-corrected chi connectivity index (χ1v) is 12.0. The molecule has 2 nitrogen and oxygen atoms in total. The van der Waals surface area contributed by atoms with Gasteiger partial charge in [-0.1, -0.05) is 61.0 Å². The van der Waals surface area contributed by atoms with Gasteiger partial charge >= 0.3 is 0 Å². The highest BCUT2D eigenvalue weighted by atomic mass is 15.2. The molecule has 152 valence electrons. The van der Waals surface area contributed by atoms with Gasteiger partial charge in [-0.15, -0.1) is 0 Å². The second kappa shape index (κ2) is 5.27. The largest absolute Gasteiger partial charge is 0.337 e. The molecular formula is C30H22N2. The van der Waals surface area contributed by atoms with Gasteiger partial charge in [-0.2, -0.15) is 0 Å². The third kappa shape index (κ3) is 1.61. The van der Waals surface area contributed by atoms with Crippen molar-refractivity contribution in [3.63, 3.8) is 0 Å². The van der Waals surface area contributed by atoms with Crippen LogP contribution in [0.15, 0.2) is 78.9 Å². The van der Waals surface area contributed by atoms with Crippen LogP contribution in [-0.4, -0.2) is 10.4 Å². The molecule has 9 rings (SSSR count). The maximum atomic E-state index is 2.74. The van der Waals surface area contributed by atoms with Gasteiger partial charge in [0.05, 0.1) is 16.6 Å². The standard InChI is InChI=1S/C30H22N2/c1-4-13-23-17(8-1)19-11-7-12-21-27-26(32(23)29(19)21)16-22-18-9-2-5-14-24(18)31-25-15-6-3-10-20(25)28(27)30(22)31/h1-6,8-10,13-16,19,21,29H,7,11-12H2. The quantitative estimate of drug-likeness (QED) is 0.249. The predicted octanol–water partition coefficient (Wildman–Crippen LogP) is 7.72. The third-order valence-corrected chi connectivity index (χ3v) is 8.77. The van der Waals surface area contributed by atoms with Crippen LogP contribution >= 0.6 is 0 Å². The molecule has 3 unspecified atom stereocenters. The van der Waals surface area contributed by atoms with Crippen LogP contribution < -0.4 is 4.90 Å². The van der Waals surface area contributed by atoms with Crippen LogP contribution in [0.25, 0.3) is 38.1 Å². The average Bonchev–Trinajstić information content (AvgIpc) is 3.56. The highest BCUT2D eigenvalue weighted by molar-refractivity contribution is 6.26. The highest BCUT2D eigenvalue weighted by Gasteiger charge is 2.52. The number of para-hydroxylation sites is 3. The molecule has 0 N–H and O–H groups in total. The zero-order valence-electron chi connectivity index (χ0n) is 17.8. The molecule has 0 bridgehead atoms. The fourth-order valence-electron chi connectivity index (χ4n) is 7.77. The molecular weight excluding hydrogens is 388 g/mol. The molecule has 1 saturated carbocycles. The van der Waals surface area contributed by atoms with E-state index in [1.165, 1.54) is 68.7 Å². The van der Waals surface area contributed by atoms with Crippen LogP contribution in [0.3, 0.4) is 0 Å². The minimum absolute atomic E-state index is 0.589. The maximum absolute atomic E-state index is 2.74. The summed E-state index contributed by atoms with van der Waals surface area (Å²) in [5.41, 5.74) is 10.2. The summed E-state index contributed by atoms with van der Waals surface area (Å²) >= 11 is 0. The zero-order chi connectivity index (χ0) is 20.6. The van der Waals surface area contributed by atoms with Crippen molar-refractivity contribution < 1.29 is 0 Å². The van der Waals surface area contributed by atoms with E-state index >= 15 is 0 Å². The topological polar surface area (TPSA) is 7.65 Å². The first-order valence-electron chi connectivity index (χ1n) is 12.0.